The zero-order valence-electron chi connectivity index (χ0n) is 13.4. The monoisotopic (exact) mass is 378 g/mol. The van der Waals surface area contributed by atoms with Crippen molar-refractivity contribution in [1.82, 2.24) is 14.9 Å². The molecule has 0 unspecified atom stereocenters. The van der Waals surface area contributed by atoms with Crippen LogP contribution < -0.4 is 4.72 Å². The van der Waals surface area contributed by atoms with E-state index in [1.807, 2.05) is 0 Å². The maximum absolute atomic E-state index is 12.7. The van der Waals surface area contributed by atoms with Gasteiger partial charge in [0.25, 0.3) is 15.9 Å². The molecular formula is C16H15ClN4O3S. The van der Waals surface area contributed by atoms with Gasteiger partial charge in [0.1, 0.15) is 10.5 Å². The van der Waals surface area contributed by atoms with E-state index in [0.717, 1.165) is 0 Å². The molecule has 0 bridgehead atoms. The normalized spacial score (nSPS) is 11.5. The third kappa shape index (κ3) is 3.31. The number of halogens is 1. The second-order valence-corrected chi connectivity index (χ2v) is 7.61. The Balaban J connectivity index is 2.01. The predicted octanol–water partition coefficient (Wildman–Crippen LogP) is 2.72. The summed E-state index contributed by atoms with van der Waals surface area (Å²) in [5.74, 6) is -0.256. The molecule has 0 saturated carbocycles. The third-order valence-corrected chi connectivity index (χ3v) is 5.30. The van der Waals surface area contributed by atoms with Crippen molar-refractivity contribution >= 4 is 44.3 Å². The summed E-state index contributed by atoms with van der Waals surface area (Å²) in [4.78, 5) is 20.4. The summed E-state index contributed by atoms with van der Waals surface area (Å²) in [5.41, 5.74) is 0.922. The number of rotatable bonds is 4. The van der Waals surface area contributed by atoms with Gasteiger partial charge in [-0.1, -0.05) is 11.6 Å². The van der Waals surface area contributed by atoms with Gasteiger partial charge in [-0.3, -0.25) is 9.52 Å². The van der Waals surface area contributed by atoms with Crippen LogP contribution in [0.5, 0.6) is 0 Å². The fourth-order valence-electron chi connectivity index (χ4n) is 2.35. The van der Waals surface area contributed by atoms with Crippen LogP contribution in [0.3, 0.4) is 0 Å². The van der Waals surface area contributed by atoms with Gasteiger partial charge in [0.05, 0.1) is 10.7 Å². The number of carbonyl (C=O) groups excluding carboxylic acids is 1. The molecule has 0 radical (unpaired) electrons. The third-order valence-electron chi connectivity index (χ3n) is 3.57. The lowest BCUT2D eigenvalue weighted by molar-refractivity contribution is 0.0827. The summed E-state index contributed by atoms with van der Waals surface area (Å²) >= 11 is 6.09. The van der Waals surface area contributed by atoms with Crippen LogP contribution in [0.15, 0.2) is 47.6 Å². The molecule has 9 heteroatoms. The van der Waals surface area contributed by atoms with Crippen molar-refractivity contribution in [3.63, 3.8) is 0 Å². The van der Waals surface area contributed by atoms with Gasteiger partial charge in [0, 0.05) is 37.4 Å². The zero-order valence-corrected chi connectivity index (χ0v) is 15.0. The molecule has 0 spiro atoms. The highest BCUT2D eigenvalue weighted by molar-refractivity contribution is 7.93. The number of hydrogen-bond donors (Lipinski definition) is 2. The Kier molecular flexibility index (Phi) is 4.40. The van der Waals surface area contributed by atoms with Crippen LogP contribution in [0.4, 0.5) is 5.69 Å². The highest BCUT2D eigenvalue weighted by atomic mass is 35.5. The molecule has 3 rings (SSSR count). The Bertz CT molecular complexity index is 1060. The topological polar surface area (TPSA) is 95.2 Å². The quantitative estimate of drug-likeness (QED) is 0.729. The minimum atomic E-state index is -3.91. The van der Waals surface area contributed by atoms with E-state index in [1.165, 1.54) is 29.3 Å². The van der Waals surface area contributed by atoms with E-state index < -0.39 is 10.0 Å². The second kappa shape index (κ2) is 6.38. The Labute approximate surface area is 149 Å². The predicted molar refractivity (Wildman–Crippen MR) is 96.4 cm³/mol. The minimum absolute atomic E-state index is 0.0519. The first kappa shape index (κ1) is 17.2. The molecule has 0 aliphatic heterocycles. The number of H-pyrrole nitrogens is 1. The van der Waals surface area contributed by atoms with Crippen LogP contribution in [-0.4, -0.2) is 43.3 Å². The SMILES string of the molecule is CN(C)C(=O)c1ccc(Cl)c(NS(=O)(=O)c2c[nH]c3ncccc23)c1. The zero-order chi connectivity index (χ0) is 18.2. The maximum atomic E-state index is 12.7. The second-order valence-electron chi connectivity index (χ2n) is 5.55. The molecule has 0 saturated heterocycles. The number of benzene rings is 1. The van der Waals surface area contributed by atoms with E-state index in [9.17, 15) is 13.2 Å². The van der Waals surface area contributed by atoms with Crippen LogP contribution in [0.1, 0.15) is 10.4 Å². The van der Waals surface area contributed by atoms with Crippen molar-refractivity contribution in [2.24, 2.45) is 0 Å². The Morgan fingerprint density at radius 1 is 1.28 bits per heavy atom. The highest BCUT2D eigenvalue weighted by Crippen LogP contribution is 2.28. The number of amides is 1. The maximum Gasteiger partial charge on any atom is 0.264 e. The summed E-state index contributed by atoms with van der Waals surface area (Å²) in [6.07, 6.45) is 2.93. The summed E-state index contributed by atoms with van der Waals surface area (Å²) in [7, 11) is -0.691. The summed E-state index contributed by atoms with van der Waals surface area (Å²) < 4.78 is 27.9. The molecule has 0 aliphatic rings. The minimum Gasteiger partial charge on any atom is -0.345 e. The van der Waals surface area contributed by atoms with E-state index in [0.29, 0.717) is 16.6 Å². The number of nitrogens with one attached hydrogen (secondary N) is 2. The first-order valence-electron chi connectivity index (χ1n) is 7.26. The largest absolute Gasteiger partial charge is 0.345 e. The molecule has 25 heavy (non-hydrogen) atoms. The van der Waals surface area contributed by atoms with Crippen molar-refractivity contribution in [3.05, 3.63) is 53.3 Å². The van der Waals surface area contributed by atoms with Gasteiger partial charge in [-0.2, -0.15) is 0 Å². The summed E-state index contributed by atoms with van der Waals surface area (Å²) in [6, 6.07) is 7.74. The standard InChI is InChI=1S/C16H15ClN4O3S/c1-21(2)16(22)10-5-6-12(17)13(8-10)20-25(23,24)14-9-19-15-11(14)4-3-7-18-15/h3-9,20H,1-2H3,(H,18,19). The smallest absolute Gasteiger partial charge is 0.264 e. The lowest BCUT2D eigenvalue weighted by Gasteiger charge is -2.13. The van der Waals surface area contributed by atoms with Gasteiger partial charge >= 0.3 is 0 Å². The van der Waals surface area contributed by atoms with Crippen LogP contribution in [0.2, 0.25) is 5.02 Å². The molecule has 130 valence electrons. The molecular weight excluding hydrogens is 364 g/mol. The van der Waals surface area contributed by atoms with Crippen molar-refractivity contribution < 1.29 is 13.2 Å². The number of sulfonamides is 1. The van der Waals surface area contributed by atoms with Crippen molar-refractivity contribution in [3.8, 4) is 0 Å². The number of aromatic amines is 1. The lowest BCUT2D eigenvalue weighted by Crippen LogP contribution is -2.22. The number of pyridine rings is 1. The van der Waals surface area contributed by atoms with Gasteiger partial charge in [-0.25, -0.2) is 13.4 Å². The number of carbonyl (C=O) groups is 1. The molecule has 1 amide bonds. The molecule has 2 heterocycles. The van der Waals surface area contributed by atoms with E-state index in [2.05, 4.69) is 14.7 Å². The molecule has 3 aromatic rings. The molecule has 2 aromatic heterocycles. The molecule has 2 N–H and O–H groups in total. The van der Waals surface area contributed by atoms with Crippen LogP contribution >= 0.6 is 11.6 Å². The molecule has 0 aliphatic carbocycles. The average molecular weight is 379 g/mol. The van der Waals surface area contributed by atoms with E-state index in [-0.39, 0.29) is 21.5 Å². The fourth-order valence-corrected chi connectivity index (χ4v) is 3.81. The first-order chi connectivity index (χ1) is 11.8. The Morgan fingerprint density at radius 3 is 2.76 bits per heavy atom. The van der Waals surface area contributed by atoms with Crippen LogP contribution in [-0.2, 0) is 10.0 Å². The molecule has 7 nitrogen and oxygen atoms in total. The van der Waals surface area contributed by atoms with Crippen molar-refractivity contribution in [1.29, 1.82) is 0 Å². The molecule has 1 aromatic carbocycles. The van der Waals surface area contributed by atoms with Crippen LogP contribution in [0, 0.1) is 0 Å². The van der Waals surface area contributed by atoms with E-state index >= 15 is 0 Å². The fraction of sp³-hybridized carbons (Fsp3) is 0.125. The van der Waals surface area contributed by atoms with E-state index in [4.69, 9.17) is 11.6 Å². The molecule has 0 fully saturated rings. The van der Waals surface area contributed by atoms with Crippen molar-refractivity contribution in [2.45, 2.75) is 4.90 Å². The highest BCUT2D eigenvalue weighted by Gasteiger charge is 2.21. The number of aromatic nitrogens is 2. The van der Waals surface area contributed by atoms with Crippen LogP contribution in [0.25, 0.3) is 11.0 Å². The van der Waals surface area contributed by atoms with Gasteiger partial charge in [0.15, 0.2) is 0 Å². The average Bonchev–Trinajstić information content (AvgIpc) is 3.01. The number of fused-ring (bicyclic) bond motifs is 1. The number of hydrogen-bond acceptors (Lipinski definition) is 4. The number of nitrogens with zero attached hydrogens (tertiary/aromatic N) is 2. The van der Waals surface area contributed by atoms with Gasteiger partial charge in [0.2, 0.25) is 0 Å². The van der Waals surface area contributed by atoms with E-state index in [1.54, 1.807) is 32.4 Å². The molecule has 0 atom stereocenters. The lowest BCUT2D eigenvalue weighted by atomic mass is 10.2. The Hall–Kier alpha value is -2.58. The van der Waals surface area contributed by atoms with Gasteiger partial charge in [-0.05, 0) is 30.3 Å². The van der Waals surface area contributed by atoms with Crippen molar-refractivity contribution in [2.75, 3.05) is 18.8 Å². The van der Waals surface area contributed by atoms with Gasteiger partial charge < -0.3 is 9.88 Å². The number of anilines is 1. The van der Waals surface area contributed by atoms with Gasteiger partial charge in [-0.15, -0.1) is 0 Å². The summed E-state index contributed by atoms with van der Waals surface area (Å²) in [6.45, 7) is 0. The summed E-state index contributed by atoms with van der Waals surface area (Å²) in [5, 5.41) is 0.656. The Morgan fingerprint density at radius 2 is 2.04 bits per heavy atom. The first-order valence-corrected chi connectivity index (χ1v) is 9.12.